The lowest BCUT2D eigenvalue weighted by Crippen LogP contribution is -2.58. The van der Waals surface area contributed by atoms with Crippen LogP contribution < -0.4 is 15.4 Å². The third-order valence-corrected chi connectivity index (χ3v) is 9.86. The summed E-state index contributed by atoms with van der Waals surface area (Å²) in [5.41, 5.74) is 3.44. The summed E-state index contributed by atoms with van der Waals surface area (Å²) in [6.07, 6.45) is -8.44. The molecule has 2 amide bonds. The van der Waals surface area contributed by atoms with Crippen LogP contribution in [0.3, 0.4) is 0 Å². The number of nitrogens with zero attached hydrogens (tertiary/aromatic N) is 3. The number of aryl methyl sites for hydroxylation is 1. The quantitative estimate of drug-likeness (QED) is 0.102. The van der Waals surface area contributed by atoms with Gasteiger partial charge in [0.1, 0.15) is 17.1 Å². The van der Waals surface area contributed by atoms with Crippen molar-refractivity contribution in [2.75, 3.05) is 57.8 Å². The summed E-state index contributed by atoms with van der Waals surface area (Å²) < 4.78 is 75.3. The number of morpholine rings is 1. The Labute approximate surface area is 331 Å². The molecule has 6 rings (SSSR count). The Morgan fingerprint density at radius 3 is 2.26 bits per heavy atom. The van der Waals surface area contributed by atoms with Gasteiger partial charge in [0, 0.05) is 43.7 Å². The number of ether oxygens (including phenoxy) is 2. The number of thiazole rings is 1. The molecule has 0 saturated carbocycles. The first-order chi connectivity index (χ1) is 27.2. The summed E-state index contributed by atoms with van der Waals surface area (Å²) in [7, 11) is 0. The number of piperidine rings is 1. The number of phenolic OH excluding ortho intramolecular Hbond substituents is 1. The van der Waals surface area contributed by atoms with Gasteiger partial charge in [0.2, 0.25) is 0 Å². The van der Waals surface area contributed by atoms with E-state index in [0.29, 0.717) is 49.8 Å². The Kier molecular flexibility index (Phi) is 15.4. The van der Waals surface area contributed by atoms with E-state index in [2.05, 4.69) is 44.8 Å². The van der Waals surface area contributed by atoms with E-state index < -0.39 is 30.4 Å². The van der Waals surface area contributed by atoms with E-state index in [9.17, 15) is 46.1 Å². The second kappa shape index (κ2) is 19.6. The molecule has 1 atom stereocenters. The molecule has 15 nitrogen and oxygen atoms in total. The number of aromatic hydroxyl groups is 1. The maximum atomic E-state index is 13.0. The van der Waals surface area contributed by atoms with E-state index in [0.717, 1.165) is 43.9 Å². The molecule has 1 aromatic heterocycles. The number of aromatic nitrogens is 1. The van der Waals surface area contributed by atoms with Gasteiger partial charge in [-0.15, -0.1) is 11.3 Å². The fourth-order valence-corrected chi connectivity index (χ4v) is 6.81. The van der Waals surface area contributed by atoms with E-state index in [1.807, 2.05) is 17.2 Å². The van der Waals surface area contributed by atoms with Crippen molar-refractivity contribution >= 4 is 40.8 Å². The number of aliphatic hydroxyl groups is 1. The van der Waals surface area contributed by atoms with Crippen LogP contribution in [0.2, 0.25) is 0 Å². The summed E-state index contributed by atoms with van der Waals surface area (Å²) in [6, 6.07) is 11.7. The van der Waals surface area contributed by atoms with Crippen LogP contribution in [0.4, 0.5) is 32.0 Å². The molecule has 3 aromatic rings. The molecule has 1 spiro atoms. The average molecular weight is 850 g/mol. The fourth-order valence-electron chi connectivity index (χ4n) is 6.23. The largest absolute Gasteiger partial charge is 0.506 e. The van der Waals surface area contributed by atoms with Crippen LogP contribution in [0.1, 0.15) is 51.1 Å². The number of aliphatic hydroxyl groups excluding tert-OH is 1. The van der Waals surface area contributed by atoms with E-state index in [4.69, 9.17) is 29.3 Å². The molecule has 3 aliphatic rings. The van der Waals surface area contributed by atoms with Crippen molar-refractivity contribution in [3.05, 3.63) is 69.2 Å². The molecule has 6 N–H and O–H groups in total. The van der Waals surface area contributed by atoms with Crippen molar-refractivity contribution in [2.45, 2.75) is 56.8 Å². The molecule has 0 aliphatic carbocycles. The molecule has 58 heavy (non-hydrogen) atoms. The lowest BCUT2D eigenvalue weighted by molar-refractivity contribution is -0.193. The normalized spacial score (nSPS) is 17.0. The standard InChI is InChI=1S/C32H39N5O6S.2C2HF3O2/c1-21-34-25(19-44-21)31(41)37-13-14-43-32(20-37)8-11-36(12-9-32)17-23-4-2-3-22(15-23)7-10-33-16-27(39)24-5-6-26(38)29-30(24)42-18-28(40)35-29;2*3-2(4,5)1(6)7/h2-6,15,19,27,33,38-39H,7-14,16-18,20H2,1H3,(H,35,40);2*(H,6,7). The molecule has 0 bridgehead atoms. The number of hydrogen-bond acceptors (Lipinski definition) is 12. The van der Waals surface area contributed by atoms with E-state index in [1.165, 1.54) is 28.5 Å². The smallest absolute Gasteiger partial charge is 0.490 e. The van der Waals surface area contributed by atoms with Crippen molar-refractivity contribution in [1.29, 1.82) is 0 Å². The number of hydrogen-bond donors (Lipinski definition) is 6. The topological polar surface area (TPSA) is 211 Å². The SMILES string of the molecule is Cc1nc(C(=O)N2CCOC3(CCN(Cc4cccc(CCNCC(O)c5ccc(O)c6c5OCC(=O)N6)c4)CC3)C2)cs1.O=C(O)C(F)(F)F.O=C(O)C(F)(F)F. The van der Waals surface area contributed by atoms with Crippen molar-refractivity contribution in [1.82, 2.24) is 20.1 Å². The van der Waals surface area contributed by atoms with Gasteiger partial charge in [0.15, 0.2) is 12.4 Å². The van der Waals surface area contributed by atoms with Crippen LogP contribution in [-0.2, 0) is 32.1 Å². The maximum Gasteiger partial charge on any atom is 0.490 e. The number of halogens is 6. The number of fused-ring (bicyclic) bond motifs is 1. The van der Waals surface area contributed by atoms with Gasteiger partial charge < -0.3 is 45.4 Å². The minimum absolute atomic E-state index is 0.00328. The summed E-state index contributed by atoms with van der Waals surface area (Å²) in [4.78, 5) is 51.2. The molecule has 1 unspecified atom stereocenters. The van der Waals surface area contributed by atoms with Crippen LogP contribution in [0.25, 0.3) is 0 Å². The summed E-state index contributed by atoms with van der Waals surface area (Å²) in [6.45, 7) is 7.22. The number of rotatable bonds is 9. The fraction of sp³-hybridized carbons (Fsp3) is 0.472. The lowest BCUT2D eigenvalue weighted by atomic mass is 9.89. The highest BCUT2D eigenvalue weighted by molar-refractivity contribution is 7.09. The third kappa shape index (κ3) is 13.0. The van der Waals surface area contributed by atoms with Gasteiger partial charge in [-0.3, -0.25) is 14.5 Å². The number of carboxylic acid groups (broad SMARTS) is 2. The highest BCUT2D eigenvalue weighted by Crippen LogP contribution is 2.41. The Bertz CT molecular complexity index is 1900. The predicted molar refractivity (Wildman–Crippen MR) is 194 cm³/mol. The Hall–Kier alpha value is -5.03. The van der Waals surface area contributed by atoms with Crippen molar-refractivity contribution in [2.24, 2.45) is 0 Å². The first-order valence-electron chi connectivity index (χ1n) is 17.6. The van der Waals surface area contributed by atoms with Gasteiger partial charge in [-0.2, -0.15) is 26.3 Å². The van der Waals surface area contributed by atoms with E-state index >= 15 is 0 Å². The summed E-state index contributed by atoms with van der Waals surface area (Å²) in [5, 5.41) is 43.7. The van der Waals surface area contributed by atoms with E-state index in [-0.39, 0.29) is 35.5 Å². The molecule has 318 valence electrons. The number of carbonyl (C=O) groups excluding carboxylic acids is 2. The molecule has 22 heteroatoms. The van der Waals surface area contributed by atoms with Gasteiger partial charge in [0.05, 0.1) is 29.9 Å². The summed E-state index contributed by atoms with van der Waals surface area (Å²) >= 11 is 1.50. The van der Waals surface area contributed by atoms with Gasteiger partial charge in [-0.05, 0) is 56.0 Å². The first kappa shape index (κ1) is 45.7. The Morgan fingerprint density at radius 1 is 1.02 bits per heavy atom. The number of nitrogens with one attached hydrogen (secondary N) is 2. The summed E-state index contributed by atoms with van der Waals surface area (Å²) in [5.74, 6) is -5.64. The second-order valence-corrected chi connectivity index (χ2v) is 14.5. The number of amides is 2. The molecule has 3 aliphatic heterocycles. The van der Waals surface area contributed by atoms with Crippen molar-refractivity contribution in [3.8, 4) is 11.5 Å². The van der Waals surface area contributed by atoms with Crippen molar-refractivity contribution in [3.63, 3.8) is 0 Å². The highest BCUT2D eigenvalue weighted by atomic mass is 32.1. The number of aliphatic carboxylic acids is 2. The number of phenols is 1. The van der Waals surface area contributed by atoms with Crippen LogP contribution in [0, 0.1) is 6.92 Å². The molecule has 2 saturated heterocycles. The molecule has 2 aromatic carbocycles. The first-order valence-corrected chi connectivity index (χ1v) is 18.5. The predicted octanol–water partition coefficient (Wildman–Crippen LogP) is 4.13. The zero-order chi connectivity index (χ0) is 42.8. The minimum Gasteiger partial charge on any atom is -0.506 e. The average Bonchev–Trinajstić information content (AvgIpc) is 3.60. The number of benzene rings is 2. The number of alkyl halides is 6. The monoisotopic (exact) mass is 849 g/mol. The number of carboxylic acids is 2. The van der Waals surface area contributed by atoms with E-state index in [1.54, 1.807) is 6.07 Å². The maximum absolute atomic E-state index is 13.0. The zero-order valence-electron chi connectivity index (χ0n) is 30.9. The number of anilines is 1. The van der Waals surface area contributed by atoms with Gasteiger partial charge >= 0.3 is 24.3 Å². The van der Waals surface area contributed by atoms with Gasteiger partial charge in [0.25, 0.3) is 11.8 Å². The minimum atomic E-state index is -5.08. The number of likely N-dealkylation sites (tertiary alicyclic amines) is 1. The molecular formula is C36H41F6N5O10S. The van der Waals surface area contributed by atoms with Gasteiger partial charge in [-0.25, -0.2) is 14.6 Å². The van der Waals surface area contributed by atoms with Crippen LogP contribution in [0.5, 0.6) is 11.5 Å². The van der Waals surface area contributed by atoms with Crippen LogP contribution in [-0.4, -0.2) is 129 Å². The highest BCUT2D eigenvalue weighted by Gasteiger charge is 2.42. The molecule has 2 fully saturated rings. The third-order valence-electron chi connectivity index (χ3n) is 9.09. The number of carbonyl (C=O) groups is 4. The Balaban J connectivity index is 0.000000456. The van der Waals surface area contributed by atoms with Crippen LogP contribution in [0.15, 0.2) is 41.8 Å². The lowest BCUT2D eigenvalue weighted by Gasteiger charge is -2.47. The molecular weight excluding hydrogens is 808 g/mol. The zero-order valence-corrected chi connectivity index (χ0v) is 31.7. The van der Waals surface area contributed by atoms with Crippen LogP contribution >= 0.6 is 11.3 Å². The Morgan fingerprint density at radius 2 is 1.66 bits per heavy atom. The van der Waals surface area contributed by atoms with Crippen molar-refractivity contribution < 1.29 is 75.4 Å². The second-order valence-electron chi connectivity index (χ2n) is 13.4. The van der Waals surface area contributed by atoms with Gasteiger partial charge in [-0.1, -0.05) is 24.3 Å². The molecule has 0 radical (unpaired) electrons. The molecule has 4 heterocycles.